The Kier molecular flexibility index (Phi) is 5.03. The lowest BCUT2D eigenvalue weighted by Gasteiger charge is -2.27. The highest BCUT2D eigenvalue weighted by molar-refractivity contribution is 7.71. The molecule has 1 aliphatic heterocycles. The zero-order chi connectivity index (χ0) is 14.1. The van der Waals surface area contributed by atoms with Crippen molar-refractivity contribution in [2.45, 2.75) is 18.9 Å². The van der Waals surface area contributed by atoms with E-state index in [4.69, 9.17) is 22.7 Å². The van der Waals surface area contributed by atoms with E-state index in [1.54, 1.807) is 6.07 Å². The van der Waals surface area contributed by atoms with E-state index in [0.717, 1.165) is 17.7 Å². The maximum Gasteiger partial charge on any atom is 0.177 e. The first kappa shape index (κ1) is 16.0. The van der Waals surface area contributed by atoms with Gasteiger partial charge in [0.25, 0.3) is 0 Å². The third-order valence-electron chi connectivity index (χ3n) is 3.58. The van der Waals surface area contributed by atoms with Gasteiger partial charge in [0.1, 0.15) is 6.61 Å². The standard InChI is InChI=1S/C14H16FN3OS.ClH/c15-12-3-1-2-9-6-11(8-19-13(9)12)18-10(4-5-16)7-17-14(18)20;/h1-3,7,11H,4-6,8,16H2,(H,17,20);1H. The van der Waals surface area contributed by atoms with Crippen LogP contribution in [0, 0.1) is 10.6 Å². The Bertz CT molecular complexity index is 685. The third kappa shape index (κ3) is 2.97. The summed E-state index contributed by atoms with van der Waals surface area (Å²) < 4.78 is 21.9. The van der Waals surface area contributed by atoms with Gasteiger partial charge in [-0.2, -0.15) is 0 Å². The molecule has 1 aromatic heterocycles. The molecule has 114 valence electrons. The van der Waals surface area contributed by atoms with Crippen LogP contribution in [0.1, 0.15) is 17.3 Å². The lowest BCUT2D eigenvalue weighted by molar-refractivity contribution is 0.211. The maximum absolute atomic E-state index is 13.6. The summed E-state index contributed by atoms with van der Waals surface area (Å²) in [5.74, 6) is 0.0620. The van der Waals surface area contributed by atoms with Gasteiger partial charge >= 0.3 is 0 Å². The van der Waals surface area contributed by atoms with E-state index in [9.17, 15) is 4.39 Å². The number of nitrogens with zero attached hydrogens (tertiary/aromatic N) is 1. The van der Waals surface area contributed by atoms with Crippen molar-refractivity contribution in [3.05, 3.63) is 46.2 Å². The number of imidazole rings is 1. The monoisotopic (exact) mass is 329 g/mol. The Morgan fingerprint density at radius 1 is 1.48 bits per heavy atom. The molecule has 0 amide bonds. The number of para-hydroxylation sites is 1. The molecule has 0 saturated carbocycles. The largest absolute Gasteiger partial charge is 0.488 e. The van der Waals surface area contributed by atoms with Gasteiger partial charge in [-0.15, -0.1) is 12.4 Å². The molecule has 1 unspecified atom stereocenters. The molecule has 7 heteroatoms. The van der Waals surface area contributed by atoms with Crippen LogP contribution in [0.15, 0.2) is 24.4 Å². The topological polar surface area (TPSA) is 56.0 Å². The van der Waals surface area contributed by atoms with Gasteiger partial charge in [0.15, 0.2) is 16.3 Å². The smallest absolute Gasteiger partial charge is 0.177 e. The van der Waals surface area contributed by atoms with E-state index in [-0.39, 0.29) is 24.3 Å². The number of hydrogen-bond donors (Lipinski definition) is 2. The van der Waals surface area contributed by atoms with E-state index >= 15 is 0 Å². The number of aromatic nitrogens is 2. The molecular weight excluding hydrogens is 313 g/mol. The van der Waals surface area contributed by atoms with E-state index in [1.807, 2.05) is 16.8 Å². The zero-order valence-electron chi connectivity index (χ0n) is 11.3. The number of nitrogens with one attached hydrogen (secondary N) is 1. The molecule has 0 aliphatic carbocycles. The number of nitrogens with two attached hydrogens (primary N) is 1. The van der Waals surface area contributed by atoms with Crippen molar-refractivity contribution in [1.29, 1.82) is 0 Å². The summed E-state index contributed by atoms with van der Waals surface area (Å²) in [6.07, 6.45) is 3.34. The van der Waals surface area contributed by atoms with E-state index in [0.29, 0.717) is 30.1 Å². The predicted octanol–water partition coefficient (Wildman–Crippen LogP) is 2.78. The van der Waals surface area contributed by atoms with Crippen molar-refractivity contribution in [2.24, 2.45) is 5.73 Å². The number of fused-ring (bicyclic) bond motifs is 1. The van der Waals surface area contributed by atoms with Crippen LogP contribution < -0.4 is 10.5 Å². The average Bonchev–Trinajstić information content (AvgIpc) is 2.80. The van der Waals surface area contributed by atoms with Gasteiger partial charge in [-0.3, -0.25) is 0 Å². The number of H-pyrrole nitrogens is 1. The van der Waals surface area contributed by atoms with Crippen molar-refractivity contribution >= 4 is 24.6 Å². The molecule has 2 heterocycles. The summed E-state index contributed by atoms with van der Waals surface area (Å²) in [7, 11) is 0. The van der Waals surface area contributed by atoms with Gasteiger partial charge in [0.2, 0.25) is 0 Å². The minimum absolute atomic E-state index is 0. The predicted molar refractivity (Wildman–Crippen MR) is 84.3 cm³/mol. The van der Waals surface area contributed by atoms with Gasteiger partial charge < -0.3 is 20.0 Å². The van der Waals surface area contributed by atoms with Crippen molar-refractivity contribution in [3.63, 3.8) is 0 Å². The maximum atomic E-state index is 13.6. The normalized spacial score (nSPS) is 16.8. The zero-order valence-corrected chi connectivity index (χ0v) is 13.0. The molecule has 2 aromatic rings. The van der Waals surface area contributed by atoms with Crippen LogP contribution in [0.2, 0.25) is 0 Å². The van der Waals surface area contributed by atoms with Crippen LogP contribution in [-0.2, 0) is 12.8 Å². The Morgan fingerprint density at radius 2 is 2.29 bits per heavy atom. The second kappa shape index (κ2) is 6.60. The fourth-order valence-electron chi connectivity index (χ4n) is 2.69. The fraction of sp³-hybridized carbons (Fsp3) is 0.357. The lowest BCUT2D eigenvalue weighted by atomic mass is 10.0. The molecule has 4 nitrogen and oxygen atoms in total. The summed E-state index contributed by atoms with van der Waals surface area (Å²) in [5, 5.41) is 0. The molecular formula is C14H17ClFN3OS. The fourth-order valence-corrected chi connectivity index (χ4v) is 3.01. The molecule has 1 aromatic carbocycles. The lowest BCUT2D eigenvalue weighted by Crippen LogP contribution is -2.26. The molecule has 3 rings (SSSR count). The molecule has 0 fully saturated rings. The quantitative estimate of drug-likeness (QED) is 0.851. The van der Waals surface area contributed by atoms with E-state index in [1.165, 1.54) is 6.07 Å². The van der Waals surface area contributed by atoms with Crippen LogP contribution in [0.25, 0.3) is 0 Å². The molecule has 1 aliphatic rings. The summed E-state index contributed by atoms with van der Waals surface area (Å²) in [4.78, 5) is 3.05. The van der Waals surface area contributed by atoms with Crippen molar-refractivity contribution < 1.29 is 9.13 Å². The third-order valence-corrected chi connectivity index (χ3v) is 3.89. The summed E-state index contributed by atoms with van der Waals surface area (Å²) in [6.45, 7) is 0.975. The van der Waals surface area contributed by atoms with Gasteiger partial charge in [0, 0.05) is 24.7 Å². The van der Waals surface area contributed by atoms with Crippen LogP contribution in [-0.4, -0.2) is 22.7 Å². The van der Waals surface area contributed by atoms with Crippen LogP contribution in [0.5, 0.6) is 5.75 Å². The molecule has 0 spiro atoms. The second-order valence-electron chi connectivity index (χ2n) is 4.89. The SMILES string of the molecule is Cl.NCCc1c[nH]c(=S)n1C1COc2c(F)cccc2C1. The van der Waals surface area contributed by atoms with Gasteiger partial charge in [-0.05, 0) is 30.4 Å². The molecule has 3 N–H and O–H groups in total. The number of benzene rings is 1. The highest BCUT2D eigenvalue weighted by Crippen LogP contribution is 2.32. The minimum Gasteiger partial charge on any atom is -0.488 e. The Morgan fingerprint density at radius 3 is 3.05 bits per heavy atom. The van der Waals surface area contributed by atoms with Crippen LogP contribution in [0.4, 0.5) is 4.39 Å². The first-order chi connectivity index (χ1) is 9.70. The minimum atomic E-state index is -0.305. The molecule has 1 atom stereocenters. The Hall–Kier alpha value is -1.37. The van der Waals surface area contributed by atoms with E-state index < -0.39 is 0 Å². The summed E-state index contributed by atoms with van der Waals surface area (Å²) in [5.41, 5.74) is 7.56. The van der Waals surface area contributed by atoms with Crippen molar-refractivity contribution in [1.82, 2.24) is 9.55 Å². The van der Waals surface area contributed by atoms with Gasteiger partial charge in [-0.1, -0.05) is 12.1 Å². The molecule has 21 heavy (non-hydrogen) atoms. The van der Waals surface area contributed by atoms with Crippen LogP contribution in [0.3, 0.4) is 0 Å². The summed E-state index contributed by atoms with van der Waals surface area (Å²) >= 11 is 5.33. The number of hydrogen-bond acceptors (Lipinski definition) is 3. The average molecular weight is 330 g/mol. The highest BCUT2D eigenvalue weighted by Gasteiger charge is 2.25. The number of rotatable bonds is 3. The number of ether oxygens (including phenoxy) is 1. The molecule has 0 saturated heterocycles. The summed E-state index contributed by atoms with van der Waals surface area (Å²) in [6, 6.07) is 5.09. The van der Waals surface area contributed by atoms with Gasteiger partial charge in [0.05, 0.1) is 6.04 Å². The van der Waals surface area contributed by atoms with Crippen molar-refractivity contribution in [3.8, 4) is 5.75 Å². The number of aromatic amines is 1. The molecule has 0 radical (unpaired) electrons. The Labute approximate surface area is 133 Å². The van der Waals surface area contributed by atoms with E-state index in [2.05, 4.69) is 4.98 Å². The first-order valence-electron chi connectivity index (χ1n) is 6.59. The highest BCUT2D eigenvalue weighted by atomic mass is 35.5. The Balaban J connectivity index is 0.00000161. The van der Waals surface area contributed by atoms with Gasteiger partial charge in [-0.25, -0.2) is 4.39 Å². The van der Waals surface area contributed by atoms with Crippen molar-refractivity contribution in [2.75, 3.05) is 13.2 Å². The first-order valence-corrected chi connectivity index (χ1v) is 7.00. The van der Waals surface area contributed by atoms with Crippen LogP contribution >= 0.6 is 24.6 Å². The number of halogens is 2. The molecule has 0 bridgehead atoms. The second-order valence-corrected chi connectivity index (χ2v) is 5.28.